The van der Waals surface area contributed by atoms with Gasteiger partial charge in [0.2, 0.25) is 0 Å². The lowest BCUT2D eigenvalue weighted by Gasteiger charge is -2.23. The molecule has 0 saturated heterocycles. The van der Waals surface area contributed by atoms with Crippen LogP contribution in [-0.2, 0) is 0 Å². The average Bonchev–Trinajstić information content (AvgIpc) is 2.15. The molecule has 0 spiro atoms. The molecule has 5 heteroatoms. The number of anilines is 2. The number of nitrogen functional groups attached to an aromatic ring is 1. The van der Waals surface area contributed by atoms with Crippen LogP contribution in [-0.4, -0.2) is 34.8 Å². The average molecular weight is 182 g/mol. The normalized spacial score (nSPS) is 12.5. The van der Waals surface area contributed by atoms with Gasteiger partial charge < -0.3 is 15.7 Å². The first-order valence-corrected chi connectivity index (χ1v) is 4.06. The summed E-state index contributed by atoms with van der Waals surface area (Å²) in [6.45, 7) is 1.97. The smallest absolute Gasteiger partial charge is 0.149 e. The molecular weight excluding hydrogens is 168 g/mol. The highest BCUT2D eigenvalue weighted by Crippen LogP contribution is 2.10. The maximum atomic E-state index is 8.91. The summed E-state index contributed by atoms with van der Waals surface area (Å²) in [5.41, 5.74) is 5.48. The molecule has 0 amide bonds. The topological polar surface area (TPSA) is 75.3 Å². The monoisotopic (exact) mass is 182 g/mol. The van der Waals surface area contributed by atoms with Crippen molar-refractivity contribution in [2.75, 3.05) is 24.3 Å². The van der Waals surface area contributed by atoms with E-state index in [9.17, 15) is 0 Å². The highest BCUT2D eigenvalue weighted by molar-refractivity contribution is 5.41. The van der Waals surface area contributed by atoms with Gasteiger partial charge in [0, 0.05) is 7.05 Å². The minimum absolute atomic E-state index is 0.0103. The number of hydrogen-bond acceptors (Lipinski definition) is 5. The number of nitrogens with two attached hydrogens (primary N) is 1. The summed E-state index contributed by atoms with van der Waals surface area (Å²) in [5.74, 6) is 1.05. The molecule has 1 aromatic rings. The number of aliphatic hydroxyl groups excluding tert-OH is 1. The second-order valence-electron chi connectivity index (χ2n) is 2.94. The molecule has 1 aromatic heterocycles. The Kier molecular flexibility index (Phi) is 3.02. The minimum Gasteiger partial charge on any atom is -0.394 e. The summed E-state index contributed by atoms with van der Waals surface area (Å²) in [6, 6.07) is 0.0103. The van der Waals surface area contributed by atoms with Gasteiger partial charge in [-0.15, -0.1) is 0 Å². The molecule has 1 atom stereocenters. The third-order valence-electron chi connectivity index (χ3n) is 1.93. The van der Waals surface area contributed by atoms with Crippen LogP contribution in [0.1, 0.15) is 6.92 Å². The first-order chi connectivity index (χ1) is 6.15. The molecule has 3 N–H and O–H groups in total. The van der Waals surface area contributed by atoms with Crippen molar-refractivity contribution in [3.05, 3.63) is 12.4 Å². The zero-order chi connectivity index (χ0) is 9.84. The quantitative estimate of drug-likeness (QED) is 0.681. The molecule has 0 unspecified atom stereocenters. The van der Waals surface area contributed by atoms with E-state index in [1.165, 1.54) is 6.20 Å². The predicted octanol–water partition coefficient (Wildman–Crippen LogP) is -0.124. The molecule has 0 fully saturated rings. The molecule has 5 nitrogen and oxygen atoms in total. The lowest BCUT2D eigenvalue weighted by atomic mass is 10.3. The molecular formula is C8H14N4O. The van der Waals surface area contributed by atoms with Crippen molar-refractivity contribution in [3.8, 4) is 0 Å². The third-order valence-corrected chi connectivity index (χ3v) is 1.93. The Hall–Kier alpha value is -1.36. The molecule has 0 aliphatic rings. The lowest BCUT2D eigenvalue weighted by Crippen LogP contribution is -2.32. The molecule has 0 aliphatic carbocycles. The number of likely N-dealkylation sites (N-methyl/N-ethyl adjacent to an activating group) is 1. The maximum absolute atomic E-state index is 8.91. The summed E-state index contributed by atoms with van der Waals surface area (Å²) >= 11 is 0. The van der Waals surface area contributed by atoms with Crippen LogP contribution in [0.4, 0.5) is 11.6 Å². The van der Waals surface area contributed by atoms with E-state index in [0.717, 1.165) is 0 Å². The van der Waals surface area contributed by atoms with Gasteiger partial charge >= 0.3 is 0 Å². The van der Waals surface area contributed by atoms with Crippen molar-refractivity contribution in [2.24, 2.45) is 0 Å². The van der Waals surface area contributed by atoms with E-state index in [1.807, 2.05) is 18.9 Å². The van der Waals surface area contributed by atoms with Crippen molar-refractivity contribution < 1.29 is 5.11 Å². The van der Waals surface area contributed by atoms with Crippen LogP contribution in [0.15, 0.2) is 12.4 Å². The van der Waals surface area contributed by atoms with E-state index in [0.29, 0.717) is 11.6 Å². The van der Waals surface area contributed by atoms with Crippen LogP contribution in [0.3, 0.4) is 0 Å². The summed E-state index contributed by atoms with van der Waals surface area (Å²) in [7, 11) is 1.84. The Balaban J connectivity index is 2.82. The minimum atomic E-state index is 0.0103. The van der Waals surface area contributed by atoms with Gasteiger partial charge in [0.25, 0.3) is 0 Å². The zero-order valence-electron chi connectivity index (χ0n) is 7.81. The largest absolute Gasteiger partial charge is 0.394 e. The lowest BCUT2D eigenvalue weighted by molar-refractivity contribution is 0.270. The third kappa shape index (κ3) is 2.29. The van der Waals surface area contributed by atoms with Crippen LogP contribution < -0.4 is 10.6 Å². The summed E-state index contributed by atoms with van der Waals surface area (Å²) in [4.78, 5) is 9.81. The Morgan fingerprint density at radius 3 is 2.85 bits per heavy atom. The van der Waals surface area contributed by atoms with Crippen LogP contribution >= 0.6 is 0 Å². The van der Waals surface area contributed by atoms with Crippen molar-refractivity contribution in [3.63, 3.8) is 0 Å². The highest BCUT2D eigenvalue weighted by atomic mass is 16.3. The summed E-state index contributed by atoms with van der Waals surface area (Å²) in [6.07, 6.45) is 3.10. The fraction of sp³-hybridized carbons (Fsp3) is 0.500. The van der Waals surface area contributed by atoms with E-state index in [4.69, 9.17) is 10.8 Å². The molecule has 0 bridgehead atoms. The van der Waals surface area contributed by atoms with E-state index in [1.54, 1.807) is 6.20 Å². The van der Waals surface area contributed by atoms with Crippen molar-refractivity contribution >= 4 is 11.6 Å². The molecule has 0 saturated carbocycles. The first-order valence-electron chi connectivity index (χ1n) is 4.06. The number of aliphatic hydroxyl groups is 1. The van der Waals surface area contributed by atoms with Crippen molar-refractivity contribution in [1.82, 2.24) is 9.97 Å². The number of rotatable bonds is 3. The second kappa shape index (κ2) is 4.04. The Morgan fingerprint density at radius 2 is 2.31 bits per heavy atom. The molecule has 0 radical (unpaired) electrons. The van der Waals surface area contributed by atoms with E-state index < -0.39 is 0 Å². The molecule has 0 aliphatic heterocycles. The predicted molar refractivity (Wildman–Crippen MR) is 51.4 cm³/mol. The van der Waals surface area contributed by atoms with Gasteiger partial charge in [-0.05, 0) is 6.92 Å². The molecule has 1 heterocycles. The van der Waals surface area contributed by atoms with Crippen LogP contribution in [0.25, 0.3) is 0 Å². The van der Waals surface area contributed by atoms with Gasteiger partial charge in [-0.2, -0.15) is 0 Å². The SMILES string of the molecule is C[C@H](CO)N(C)c1cncc(N)n1. The molecule has 1 rings (SSSR count). The van der Waals surface area contributed by atoms with Gasteiger partial charge in [0.1, 0.15) is 11.6 Å². The Bertz CT molecular complexity index is 279. The van der Waals surface area contributed by atoms with Crippen LogP contribution in [0.5, 0.6) is 0 Å². The van der Waals surface area contributed by atoms with E-state index in [2.05, 4.69) is 9.97 Å². The molecule has 0 aromatic carbocycles. The highest BCUT2D eigenvalue weighted by Gasteiger charge is 2.09. The molecule has 13 heavy (non-hydrogen) atoms. The summed E-state index contributed by atoms with van der Waals surface area (Å²) < 4.78 is 0. The second-order valence-corrected chi connectivity index (χ2v) is 2.94. The van der Waals surface area contributed by atoms with Crippen molar-refractivity contribution in [1.29, 1.82) is 0 Å². The van der Waals surface area contributed by atoms with Gasteiger partial charge in [-0.25, -0.2) is 4.98 Å². The fourth-order valence-electron chi connectivity index (χ4n) is 0.889. The molecule has 72 valence electrons. The number of hydrogen-bond donors (Lipinski definition) is 2. The first kappa shape index (κ1) is 9.73. The Morgan fingerprint density at radius 1 is 1.62 bits per heavy atom. The van der Waals surface area contributed by atoms with Gasteiger partial charge in [-0.3, -0.25) is 4.98 Å². The van der Waals surface area contributed by atoms with Gasteiger partial charge in [-0.1, -0.05) is 0 Å². The summed E-state index contributed by atoms with van der Waals surface area (Å²) in [5, 5.41) is 8.91. The number of aromatic nitrogens is 2. The fourth-order valence-corrected chi connectivity index (χ4v) is 0.889. The standard InChI is InChI=1S/C8H14N4O/c1-6(5-13)12(2)8-4-10-3-7(9)11-8/h3-4,6,13H,5H2,1-2H3,(H2,9,11)/t6-/m1/s1. The number of nitrogens with zero attached hydrogens (tertiary/aromatic N) is 3. The van der Waals surface area contributed by atoms with E-state index in [-0.39, 0.29) is 12.6 Å². The van der Waals surface area contributed by atoms with Gasteiger partial charge in [0.05, 0.1) is 25.0 Å². The van der Waals surface area contributed by atoms with Crippen LogP contribution in [0.2, 0.25) is 0 Å². The van der Waals surface area contributed by atoms with Crippen molar-refractivity contribution in [2.45, 2.75) is 13.0 Å². The zero-order valence-corrected chi connectivity index (χ0v) is 7.81. The van der Waals surface area contributed by atoms with E-state index >= 15 is 0 Å². The maximum Gasteiger partial charge on any atom is 0.149 e. The van der Waals surface area contributed by atoms with Gasteiger partial charge in [0.15, 0.2) is 0 Å². The van der Waals surface area contributed by atoms with Crippen LogP contribution in [0, 0.1) is 0 Å². The Labute approximate surface area is 77.2 Å².